The Morgan fingerprint density at radius 3 is 2.31 bits per heavy atom. The van der Waals surface area contributed by atoms with Crippen molar-refractivity contribution in [2.24, 2.45) is 0 Å². The lowest BCUT2D eigenvalue weighted by molar-refractivity contribution is -0.130. The number of benzene rings is 2. The summed E-state index contributed by atoms with van der Waals surface area (Å²) in [5.74, 6) is 1.01. The topological polar surface area (TPSA) is 49.3 Å². The van der Waals surface area contributed by atoms with Crippen molar-refractivity contribution in [1.82, 2.24) is 14.9 Å². The van der Waals surface area contributed by atoms with E-state index in [1.54, 1.807) is 18.2 Å². The van der Waals surface area contributed by atoms with Crippen molar-refractivity contribution in [3.8, 4) is 0 Å². The molecule has 1 aliphatic rings. The van der Waals surface area contributed by atoms with Gasteiger partial charge in [0.2, 0.25) is 5.91 Å². The van der Waals surface area contributed by atoms with Crippen LogP contribution in [0.2, 0.25) is 0 Å². The number of amides is 1. The summed E-state index contributed by atoms with van der Waals surface area (Å²) >= 11 is 0. The standard InChI is InChI=1S/C25H26F2N4O/c1-17-23(15-20-4-3-5-22(27)14-20)25(29-18(2)28-17)31-12-10-30(11-13-31)24(32)16-19-6-8-21(26)9-7-19/h3-9,14H,10-13,15-16H2,1-2H3. The third kappa shape index (κ3) is 5.10. The Morgan fingerprint density at radius 1 is 0.906 bits per heavy atom. The van der Waals surface area contributed by atoms with E-state index in [0.717, 1.165) is 28.2 Å². The molecule has 0 saturated carbocycles. The first-order valence-electron chi connectivity index (χ1n) is 10.7. The molecule has 7 heteroatoms. The summed E-state index contributed by atoms with van der Waals surface area (Å²) in [5.41, 5.74) is 3.53. The van der Waals surface area contributed by atoms with Crippen LogP contribution in [0.3, 0.4) is 0 Å². The molecular formula is C25H26F2N4O. The SMILES string of the molecule is Cc1nc(C)c(Cc2cccc(F)c2)c(N2CCN(C(=O)Cc3ccc(F)cc3)CC2)n1. The summed E-state index contributed by atoms with van der Waals surface area (Å²) in [6.07, 6.45) is 0.805. The minimum atomic E-state index is -0.306. The second kappa shape index (κ2) is 9.42. The highest BCUT2D eigenvalue weighted by Crippen LogP contribution is 2.25. The molecule has 5 nitrogen and oxygen atoms in total. The van der Waals surface area contributed by atoms with Gasteiger partial charge in [0.15, 0.2) is 0 Å². The predicted octanol–water partition coefficient (Wildman–Crippen LogP) is 3.85. The van der Waals surface area contributed by atoms with Crippen molar-refractivity contribution in [3.05, 3.63) is 88.4 Å². The third-order valence-electron chi connectivity index (χ3n) is 5.77. The third-order valence-corrected chi connectivity index (χ3v) is 5.77. The van der Waals surface area contributed by atoms with Crippen molar-refractivity contribution >= 4 is 11.7 Å². The number of hydrogen-bond acceptors (Lipinski definition) is 4. The van der Waals surface area contributed by atoms with Crippen LogP contribution < -0.4 is 4.90 Å². The number of halogens is 2. The van der Waals surface area contributed by atoms with Crippen molar-refractivity contribution in [1.29, 1.82) is 0 Å². The normalized spacial score (nSPS) is 14.0. The zero-order valence-corrected chi connectivity index (χ0v) is 18.3. The van der Waals surface area contributed by atoms with Gasteiger partial charge in [0.25, 0.3) is 0 Å². The van der Waals surface area contributed by atoms with Crippen LogP contribution in [0.1, 0.15) is 28.2 Å². The maximum Gasteiger partial charge on any atom is 0.227 e. The summed E-state index contributed by atoms with van der Waals surface area (Å²) in [6, 6.07) is 12.6. The fraction of sp³-hybridized carbons (Fsp3) is 0.320. The van der Waals surface area contributed by atoms with E-state index in [1.165, 1.54) is 24.3 Å². The molecule has 166 valence electrons. The lowest BCUT2D eigenvalue weighted by Crippen LogP contribution is -2.49. The first-order valence-corrected chi connectivity index (χ1v) is 10.7. The van der Waals surface area contributed by atoms with Gasteiger partial charge in [-0.15, -0.1) is 0 Å². The van der Waals surface area contributed by atoms with Gasteiger partial charge in [-0.3, -0.25) is 4.79 Å². The minimum absolute atomic E-state index is 0.0336. The molecule has 0 N–H and O–H groups in total. The number of rotatable bonds is 5. The second-order valence-electron chi connectivity index (χ2n) is 8.14. The van der Waals surface area contributed by atoms with E-state index in [1.807, 2.05) is 24.8 Å². The molecular weight excluding hydrogens is 410 g/mol. The molecule has 2 aromatic carbocycles. The second-order valence-corrected chi connectivity index (χ2v) is 8.14. The number of piperazine rings is 1. The Morgan fingerprint density at radius 2 is 1.62 bits per heavy atom. The van der Waals surface area contributed by atoms with E-state index >= 15 is 0 Å². The molecule has 0 radical (unpaired) electrons. The lowest BCUT2D eigenvalue weighted by atomic mass is 10.0. The number of aryl methyl sites for hydroxylation is 2. The summed E-state index contributed by atoms with van der Waals surface area (Å²) in [6.45, 7) is 6.30. The molecule has 0 unspecified atom stereocenters. The maximum absolute atomic E-state index is 13.7. The summed E-state index contributed by atoms with van der Waals surface area (Å²) in [5, 5.41) is 0. The molecule has 1 aromatic heterocycles. The molecule has 1 aliphatic heterocycles. The number of carbonyl (C=O) groups excluding carboxylic acids is 1. The van der Waals surface area contributed by atoms with Crippen LogP contribution in [0.25, 0.3) is 0 Å². The summed E-state index contributed by atoms with van der Waals surface area (Å²) < 4.78 is 26.8. The van der Waals surface area contributed by atoms with Crippen LogP contribution in [0.4, 0.5) is 14.6 Å². The molecule has 1 fully saturated rings. The number of carbonyl (C=O) groups is 1. The minimum Gasteiger partial charge on any atom is -0.353 e. The quantitative estimate of drug-likeness (QED) is 0.610. The Bertz CT molecular complexity index is 1110. The fourth-order valence-electron chi connectivity index (χ4n) is 4.09. The Balaban J connectivity index is 1.47. The molecule has 0 bridgehead atoms. The zero-order valence-electron chi connectivity index (χ0n) is 18.3. The highest BCUT2D eigenvalue weighted by atomic mass is 19.1. The van der Waals surface area contributed by atoms with Crippen LogP contribution in [-0.4, -0.2) is 47.0 Å². The number of aromatic nitrogens is 2. The molecule has 1 saturated heterocycles. The molecule has 32 heavy (non-hydrogen) atoms. The van der Waals surface area contributed by atoms with E-state index in [2.05, 4.69) is 9.88 Å². The van der Waals surface area contributed by atoms with E-state index in [0.29, 0.717) is 38.4 Å². The average Bonchev–Trinajstić information content (AvgIpc) is 2.77. The first-order chi connectivity index (χ1) is 15.4. The van der Waals surface area contributed by atoms with Crippen molar-refractivity contribution < 1.29 is 13.6 Å². The van der Waals surface area contributed by atoms with Gasteiger partial charge in [0.05, 0.1) is 6.42 Å². The lowest BCUT2D eigenvalue weighted by Gasteiger charge is -2.36. The van der Waals surface area contributed by atoms with Gasteiger partial charge >= 0.3 is 0 Å². The van der Waals surface area contributed by atoms with Gasteiger partial charge in [0.1, 0.15) is 23.3 Å². The molecule has 0 spiro atoms. The number of nitrogens with zero attached hydrogens (tertiary/aromatic N) is 4. The van der Waals surface area contributed by atoms with E-state index in [-0.39, 0.29) is 24.0 Å². The van der Waals surface area contributed by atoms with Crippen LogP contribution in [-0.2, 0) is 17.6 Å². The highest BCUT2D eigenvalue weighted by molar-refractivity contribution is 5.79. The zero-order chi connectivity index (χ0) is 22.7. The first kappa shape index (κ1) is 21.9. The Labute approximate surface area is 186 Å². The highest BCUT2D eigenvalue weighted by Gasteiger charge is 2.25. The van der Waals surface area contributed by atoms with Crippen molar-refractivity contribution in [2.75, 3.05) is 31.1 Å². The molecule has 4 rings (SSSR count). The molecule has 1 amide bonds. The van der Waals surface area contributed by atoms with Gasteiger partial charge in [-0.1, -0.05) is 24.3 Å². The van der Waals surface area contributed by atoms with E-state index in [9.17, 15) is 13.6 Å². The molecule has 0 atom stereocenters. The Kier molecular flexibility index (Phi) is 6.44. The van der Waals surface area contributed by atoms with Gasteiger partial charge in [0, 0.05) is 43.9 Å². The van der Waals surface area contributed by atoms with Crippen LogP contribution in [0.5, 0.6) is 0 Å². The van der Waals surface area contributed by atoms with Crippen LogP contribution in [0.15, 0.2) is 48.5 Å². The summed E-state index contributed by atoms with van der Waals surface area (Å²) in [7, 11) is 0. The monoisotopic (exact) mass is 436 g/mol. The maximum atomic E-state index is 13.7. The van der Waals surface area contributed by atoms with Gasteiger partial charge in [-0.25, -0.2) is 18.7 Å². The van der Waals surface area contributed by atoms with Gasteiger partial charge < -0.3 is 9.80 Å². The van der Waals surface area contributed by atoms with Crippen LogP contribution in [0, 0.1) is 25.5 Å². The molecule has 3 aromatic rings. The average molecular weight is 437 g/mol. The molecule has 2 heterocycles. The predicted molar refractivity (Wildman–Crippen MR) is 120 cm³/mol. The van der Waals surface area contributed by atoms with E-state index in [4.69, 9.17) is 4.98 Å². The van der Waals surface area contributed by atoms with Crippen molar-refractivity contribution in [2.45, 2.75) is 26.7 Å². The fourth-order valence-corrected chi connectivity index (χ4v) is 4.09. The van der Waals surface area contributed by atoms with Gasteiger partial charge in [-0.2, -0.15) is 0 Å². The van der Waals surface area contributed by atoms with E-state index < -0.39 is 0 Å². The van der Waals surface area contributed by atoms with Gasteiger partial charge in [-0.05, 0) is 49.2 Å². The molecule has 0 aliphatic carbocycles. The number of hydrogen-bond donors (Lipinski definition) is 0. The van der Waals surface area contributed by atoms with Crippen LogP contribution >= 0.6 is 0 Å². The summed E-state index contributed by atoms with van der Waals surface area (Å²) in [4.78, 5) is 25.9. The smallest absolute Gasteiger partial charge is 0.227 e. The largest absolute Gasteiger partial charge is 0.353 e. The van der Waals surface area contributed by atoms with Crippen molar-refractivity contribution in [3.63, 3.8) is 0 Å². The number of anilines is 1. The Hall–Kier alpha value is -3.35.